The molecule has 0 aromatic heterocycles. The molecular weight excluding hydrogens is 340 g/mol. The number of ether oxygens (including phenoxy) is 1. The molecule has 2 rings (SSSR count). The highest BCUT2D eigenvalue weighted by atomic mass is 16.5. The Morgan fingerprint density at radius 2 is 1.96 bits per heavy atom. The van der Waals surface area contributed by atoms with Crippen molar-refractivity contribution < 1.29 is 9.53 Å². The quantitative estimate of drug-likeness (QED) is 0.355. The maximum Gasteiger partial charge on any atom is 0.222 e. The summed E-state index contributed by atoms with van der Waals surface area (Å²) in [6.07, 6.45) is 4.90. The predicted octanol–water partition coefficient (Wildman–Crippen LogP) is 2.68. The van der Waals surface area contributed by atoms with Gasteiger partial charge in [-0.2, -0.15) is 0 Å². The maximum absolute atomic E-state index is 11.9. The van der Waals surface area contributed by atoms with Crippen LogP contribution in [0.25, 0.3) is 0 Å². The van der Waals surface area contributed by atoms with Gasteiger partial charge in [-0.1, -0.05) is 37.6 Å². The maximum atomic E-state index is 11.9. The monoisotopic (exact) mass is 374 g/mol. The second-order valence-electron chi connectivity index (χ2n) is 6.86. The van der Waals surface area contributed by atoms with Crippen molar-refractivity contribution in [3.8, 4) is 0 Å². The van der Waals surface area contributed by atoms with Crippen molar-refractivity contribution in [2.75, 3.05) is 33.4 Å². The standard InChI is InChI=1S/C21H34N4O2/c1-3-4-14-27-15-8-12-23-21(22-2)24-16-18-9-5-6-10-19(18)17-25-13-7-11-20(25)26/h5-6,9-10H,3-4,7-8,11-17H2,1-2H3,(H2,22,23,24). The molecule has 1 aliphatic rings. The van der Waals surface area contributed by atoms with Gasteiger partial charge >= 0.3 is 0 Å². The van der Waals surface area contributed by atoms with Crippen LogP contribution in [0, 0.1) is 0 Å². The van der Waals surface area contributed by atoms with E-state index in [1.807, 2.05) is 17.0 Å². The van der Waals surface area contributed by atoms with Crippen LogP contribution in [0.1, 0.15) is 50.2 Å². The molecule has 6 nitrogen and oxygen atoms in total. The first-order chi connectivity index (χ1) is 13.2. The van der Waals surface area contributed by atoms with Crippen molar-refractivity contribution in [1.82, 2.24) is 15.5 Å². The summed E-state index contributed by atoms with van der Waals surface area (Å²) >= 11 is 0. The SMILES string of the molecule is CCCCOCCCNC(=NC)NCc1ccccc1CN1CCCC1=O. The van der Waals surface area contributed by atoms with Crippen LogP contribution in [0.3, 0.4) is 0 Å². The van der Waals surface area contributed by atoms with Gasteiger partial charge in [0, 0.05) is 52.9 Å². The Labute approximate surface area is 163 Å². The van der Waals surface area contributed by atoms with E-state index in [0.29, 0.717) is 19.5 Å². The number of aliphatic imine (C=N–C) groups is 1. The van der Waals surface area contributed by atoms with Crippen LogP contribution >= 0.6 is 0 Å². The lowest BCUT2D eigenvalue weighted by Gasteiger charge is -2.19. The van der Waals surface area contributed by atoms with Gasteiger partial charge in [0.15, 0.2) is 5.96 Å². The highest BCUT2D eigenvalue weighted by molar-refractivity contribution is 5.79. The first-order valence-corrected chi connectivity index (χ1v) is 10.1. The minimum absolute atomic E-state index is 0.261. The molecule has 1 fully saturated rings. The number of nitrogens with zero attached hydrogens (tertiary/aromatic N) is 2. The Morgan fingerprint density at radius 1 is 1.19 bits per heavy atom. The van der Waals surface area contributed by atoms with Gasteiger partial charge in [0.2, 0.25) is 5.91 Å². The summed E-state index contributed by atoms with van der Waals surface area (Å²) in [7, 11) is 1.78. The van der Waals surface area contributed by atoms with E-state index < -0.39 is 0 Å². The molecule has 0 bridgehead atoms. The number of carbonyl (C=O) groups is 1. The van der Waals surface area contributed by atoms with Crippen molar-refractivity contribution in [3.63, 3.8) is 0 Å². The summed E-state index contributed by atoms with van der Waals surface area (Å²) in [6.45, 7) is 6.86. The lowest BCUT2D eigenvalue weighted by molar-refractivity contribution is -0.128. The number of amides is 1. The smallest absolute Gasteiger partial charge is 0.222 e. The fourth-order valence-electron chi connectivity index (χ4n) is 3.09. The molecule has 6 heteroatoms. The Bertz CT molecular complexity index is 604. The average Bonchev–Trinajstić information content (AvgIpc) is 3.09. The van der Waals surface area contributed by atoms with Crippen LogP contribution < -0.4 is 10.6 Å². The molecule has 1 aliphatic heterocycles. The van der Waals surface area contributed by atoms with Crippen molar-refractivity contribution in [2.24, 2.45) is 4.99 Å². The van der Waals surface area contributed by atoms with E-state index >= 15 is 0 Å². The van der Waals surface area contributed by atoms with Crippen molar-refractivity contribution in [1.29, 1.82) is 0 Å². The largest absolute Gasteiger partial charge is 0.381 e. The minimum atomic E-state index is 0.261. The molecule has 1 saturated heterocycles. The normalized spacial score (nSPS) is 14.7. The molecule has 0 unspecified atom stereocenters. The number of rotatable bonds is 11. The van der Waals surface area contributed by atoms with Crippen LogP contribution in [-0.2, 0) is 22.6 Å². The summed E-state index contributed by atoms with van der Waals surface area (Å²) in [5.74, 6) is 1.05. The van der Waals surface area contributed by atoms with Gasteiger partial charge in [0.25, 0.3) is 0 Å². The van der Waals surface area contributed by atoms with E-state index in [0.717, 1.165) is 51.5 Å². The van der Waals surface area contributed by atoms with Crippen LogP contribution in [0.5, 0.6) is 0 Å². The summed E-state index contributed by atoms with van der Waals surface area (Å²) in [4.78, 5) is 18.1. The number of hydrogen-bond donors (Lipinski definition) is 2. The van der Waals surface area contributed by atoms with Crippen LogP contribution in [-0.4, -0.2) is 50.1 Å². The zero-order valence-corrected chi connectivity index (χ0v) is 16.8. The number of hydrogen-bond acceptors (Lipinski definition) is 3. The molecule has 150 valence electrons. The molecule has 1 amide bonds. The number of guanidine groups is 1. The molecule has 0 atom stereocenters. The first kappa shape index (κ1) is 21.2. The second kappa shape index (κ2) is 12.3. The topological polar surface area (TPSA) is 66.0 Å². The molecule has 1 aromatic rings. The Balaban J connectivity index is 1.75. The first-order valence-electron chi connectivity index (χ1n) is 10.1. The molecular formula is C21H34N4O2. The van der Waals surface area contributed by atoms with Crippen molar-refractivity contribution >= 4 is 11.9 Å². The summed E-state index contributed by atoms with van der Waals surface area (Å²) in [6, 6.07) is 8.28. The predicted molar refractivity (Wildman–Crippen MR) is 110 cm³/mol. The van der Waals surface area contributed by atoms with Gasteiger partial charge in [0.05, 0.1) is 0 Å². The molecule has 27 heavy (non-hydrogen) atoms. The van der Waals surface area contributed by atoms with Gasteiger partial charge in [-0.3, -0.25) is 9.79 Å². The molecule has 0 saturated carbocycles. The van der Waals surface area contributed by atoms with Crippen molar-refractivity contribution in [2.45, 2.75) is 52.1 Å². The Morgan fingerprint density at radius 3 is 2.67 bits per heavy atom. The lowest BCUT2D eigenvalue weighted by atomic mass is 10.1. The number of unbranched alkanes of at least 4 members (excludes halogenated alkanes) is 1. The molecule has 0 spiro atoms. The van der Waals surface area contributed by atoms with Gasteiger partial charge < -0.3 is 20.3 Å². The van der Waals surface area contributed by atoms with Gasteiger partial charge in [0.1, 0.15) is 0 Å². The van der Waals surface area contributed by atoms with E-state index in [1.54, 1.807) is 7.05 Å². The highest BCUT2D eigenvalue weighted by Crippen LogP contribution is 2.17. The van der Waals surface area contributed by atoms with Crippen LogP contribution in [0.2, 0.25) is 0 Å². The van der Waals surface area contributed by atoms with E-state index in [2.05, 4.69) is 34.7 Å². The molecule has 2 N–H and O–H groups in total. The fraction of sp³-hybridized carbons (Fsp3) is 0.619. The van der Waals surface area contributed by atoms with Crippen molar-refractivity contribution in [3.05, 3.63) is 35.4 Å². The second-order valence-corrected chi connectivity index (χ2v) is 6.86. The summed E-state index contributed by atoms with van der Waals surface area (Å²) < 4.78 is 5.57. The van der Waals surface area contributed by atoms with E-state index in [-0.39, 0.29) is 5.91 Å². The van der Waals surface area contributed by atoms with Gasteiger partial charge in [-0.15, -0.1) is 0 Å². The average molecular weight is 375 g/mol. The molecule has 1 heterocycles. The number of benzene rings is 1. The van der Waals surface area contributed by atoms with Crippen LogP contribution in [0.4, 0.5) is 0 Å². The molecule has 0 radical (unpaired) electrons. The summed E-state index contributed by atoms with van der Waals surface area (Å²) in [5, 5.41) is 6.69. The van der Waals surface area contributed by atoms with Gasteiger partial charge in [-0.25, -0.2) is 0 Å². The molecule has 1 aromatic carbocycles. The molecule has 0 aliphatic carbocycles. The van der Waals surface area contributed by atoms with E-state index in [1.165, 1.54) is 17.5 Å². The number of likely N-dealkylation sites (tertiary alicyclic amines) is 1. The van der Waals surface area contributed by atoms with E-state index in [4.69, 9.17) is 4.74 Å². The van der Waals surface area contributed by atoms with Gasteiger partial charge in [-0.05, 0) is 30.4 Å². The zero-order valence-electron chi connectivity index (χ0n) is 16.8. The number of carbonyl (C=O) groups excluding carboxylic acids is 1. The lowest BCUT2D eigenvalue weighted by Crippen LogP contribution is -2.38. The summed E-state index contributed by atoms with van der Waals surface area (Å²) in [5.41, 5.74) is 2.39. The number of nitrogens with one attached hydrogen (secondary N) is 2. The third-order valence-electron chi connectivity index (χ3n) is 4.72. The minimum Gasteiger partial charge on any atom is -0.381 e. The Hall–Kier alpha value is -2.08. The highest BCUT2D eigenvalue weighted by Gasteiger charge is 2.20. The van der Waals surface area contributed by atoms with E-state index in [9.17, 15) is 4.79 Å². The third kappa shape index (κ3) is 7.59. The fourth-order valence-corrected chi connectivity index (χ4v) is 3.09. The third-order valence-corrected chi connectivity index (χ3v) is 4.72. The van der Waals surface area contributed by atoms with Crippen LogP contribution in [0.15, 0.2) is 29.3 Å². The Kier molecular flexibility index (Phi) is 9.69. The zero-order chi connectivity index (χ0) is 19.3.